The molecule has 3 rings (SSSR count). The van der Waals surface area contributed by atoms with Gasteiger partial charge >= 0.3 is 0 Å². The summed E-state index contributed by atoms with van der Waals surface area (Å²) >= 11 is 0. The standard InChI is InChI=1S/C14H12N2O2/c15-6-7-16-12-5-4-9(17)8-11(12)10-2-1-3-13(18)14(10)16/h4-5,8,17H,1-3,7H2. The number of carbonyl (C=O) groups excluding carboxylic acids is 1. The van der Waals surface area contributed by atoms with Crippen LogP contribution < -0.4 is 0 Å². The van der Waals surface area contributed by atoms with Crippen molar-refractivity contribution in [3.05, 3.63) is 29.5 Å². The molecule has 4 heteroatoms. The molecule has 1 heterocycles. The average Bonchev–Trinajstić information content (AvgIpc) is 2.66. The van der Waals surface area contributed by atoms with Crippen LogP contribution in [-0.2, 0) is 13.0 Å². The van der Waals surface area contributed by atoms with Gasteiger partial charge in [-0.2, -0.15) is 5.26 Å². The SMILES string of the molecule is N#CCn1c2c(c3cc(O)ccc31)CCCC2=O. The molecule has 0 bridgehead atoms. The molecule has 1 aliphatic rings. The molecular formula is C14H12N2O2. The van der Waals surface area contributed by atoms with Crippen molar-refractivity contribution in [1.82, 2.24) is 4.57 Å². The van der Waals surface area contributed by atoms with Crippen LogP contribution >= 0.6 is 0 Å². The summed E-state index contributed by atoms with van der Waals surface area (Å²) in [6, 6.07) is 7.14. The van der Waals surface area contributed by atoms with Crippen LogP contribution in [0.2, 0.25) is 0 Å². The van der Waals surface area contributed by atoms with Crippen molar-refractivity contribution >= 4 is 16.7 Å². The summed E-state index contributed by atoms with van der Waals surface area (Å²) in [5.74, 6) is 0.291. The van der Waals surface area contributed by atoms with E-state index >= 15 is 0 Å². The summed E-state index contributed by atoms with van der Waals surface area (Å²) in [6.45, 7) is 0.169. The third kappa shape index (κ3) is 1.41. The highest BCUT2D eigenvalue weighted by molar-refractivity contribution is 6.04. The van der Waals surface area contributed by atoms with Crippen molar-refractivity contribution in [3.63, 3.8) is 0 Å². The number of hydrogen-bond acceptors (Lipinski definition) is 3. The summed E-state index contributed by atoms with van der Waals surface area (Å²) in [7, 11) is 0. The first-order valence-electron chi connectivity index (χ1n) is 5.96. The number of aryl methyl sites for hydroxylation is 1. The Morgan fingerprint density at radius 2 is 2.22 bits per heavy atom. The molecule has 1 aromatic heterocycles. The first kappa shape index (κ1) is 10.8. The van der Waals surface area contributed by atoms with Gasteiger partial charge in [-0.05, 0) is 36.6 Å². The lowest BCUT2D eigenvalue weighted by Gasteiger charge is -2.12. The lowest BCUT2D eigenvalue weighted by molar-refractivity contribution is 0.0964. The van der Waals surface area contributed by atoms with Crippen molar-refractivity contribution < 1.29 is 9.90 Å². The number of hydrogen-bond donors (Lipinski definition) is 1. The quantitative estimate of drug-likeness (QED) is 0.832. The fraction of sp³-hybridized carbons (Fsp3) is 0.286. The molecule has 0 fully saturated rings. The molecule has 0 amide bonds. The number of aromatic nitrogens is 1. The molecule has 0 saturated heterocycles. The lowest BCUT2D eigenvalue weighted by Crippen LogP contribution is -2.15. The zero-order valence-corrected chi connectivity index (χ0v) is 9.81. The second-order valence-electron chi connectivity index (χ2n) is 4.55. The highest BCUT2D eigenvalue weighted by atomic mass is 16.3. The molecule has 0 saturated carbocycles. The van der Waals surface area contributed by atoms with E-state index in [0.717, 1.165) is 29.3 Å². The molecule has 0 unspecified atom stereocenters. The minimum absolute atomic E-state index is 0.0992. The van der Waals surface area contributed by atoms with Gasteiger partial charge in [-0.15, -0.1) is 0 Å². The Bertz CT molecular complexity index is 692. The molecule has 4 nitrogen and oxygen atoms in total. The molecule has 0 atom stereocenters. The van der Waals surface area contributed by atoms with Crippen molar-refractivity contribution in [2.75, 3.05) is 0 Å². The summed E-state index contributed by atoms with van der Waals surface area (Å²) in [4.78, 5) is 12.0. The number of phenols is 1. The van der Waals surface area contributed by atoms with Gasteiger partial charge in [0.25, 0.3) is 0 Å². The van der Waals surface area contributed by atoms with E-state index in [1.165, 1.54) is 0 Å². The number of carbonyl (C=O) groups is 1. The minimum atomic E-state index is 0.0992. The van der Waals surface area contributed by atoms with Crippen LogP contribution in [0.3, 0.4) is 0 Å². The maximum atomic E-state index is 12.0. The lowest BCUT2D eigenvalue weighted by atomic mass is 9.94. The van der Waals surface area contributed by atoms with Crippen LogP contribution in [-0.4, -0.2) is 15.5 Å². The van der Waals surface area contributed by atoms with Crippen molar-refractivity contribution in [1.29, 1.82) is 5.26 Å². The van der Waals surface area contributed by atoms with Gasteiger partial charge in [0.1, 0.15) is 12.3 Å². The fourth-order valence-electron chi connectivity index (χ4n) is 2.76. The Morgan fingerprint density at radius 1 is 1.39 bits per heavy atom. The first-order valence-corrected chi connectivity index (χ1v) is 5.96. The number of phenolic OH excluding ortho intramolecular Hbond substituents is 1. The smallest absolute Gasteiger partial charge is 0.179 e. The number of nitriles is 1. The third-order valence-corrected chi connectivity index (χ3v) is 3.48. The Labute approximate surface area is 104 Å². The van der Waals surface area contributed by atoms with E-state index in [1.807, 2.05) is 0 Å². The van der Waals surface area contributed by atoms with Gasteiger partial charge in [0, 0.05) is 11.8 Å². The van der Waals surface area contributed by atoms with Crippen LogP contribution in [0.15, 0.2) is 18.2 Å². The predicted molar refractivity (Wildman–Crippen MR) is 66.5 cm³/mol. The number of rotatable bonds is 1. The summed E-state index contributed by atoms with van der Waals surface area (Å²) in [6.07, 6.45) is 2.22. The maximum Gasteiger partial charge on any atom is 0.179 e. The molecule has 18 heavy (non-hydrogen) atoms. The van der Waals surface area contributed by atoms with E-state index in [0.29, 0.717) is 12.1 Å². The first-order chi connectivity index (χ1) is 8.72. The summed E-state index contributed by atoms with van der Waals surface area (Å²) in [5.41, 5.74) is 2.49. The zero-order chi connectivity index (χ0) is 12.7. The number of nitrogens with zero attached hydrogens (tertiary/aromatic N) is 2. The van der Waals surface area contributed by atoms with Gasteiger partial charge in [-0.3, -0.25) is 4.79 Å². The number of ketones is 1. The fourth-order valence-corrected chi connectivity index (χ4v) is 2.76. The van der Waals surface area contributed by atoms with Gasteiger partial charge in [-0.25, -0.2) is 0 Å². The molecule has 1 aliphatic carbocycles. The Hall–Kier alpha value is -2.28. The van der Waals surface area contributed by atoms with Crippen LogP contribution in [0.1, 0.15) is 28.9 Å². The highest BCUT2D eigenvalue weighted by Crippen LogP contribution is 2.33. The molecule has 1 N–H and O–H groups in total. The second-order valence-corrected chi connectivity index (χ2v) is 4.55. The summed E-state index contributed by atoms with van der Waals surface area (Å²) in [5, 5.41) is 19.4. The number of Topliss-reactive ketones (excluding diaryl/α,β-unsaturated/α-hetero) is 1. The van der Waals surface area contributed by atoms with Crippen LogP contribution in [0.25, 0.3) is 10.9 Å². The largest absolute Gasteiger partial charge is 0.508 e. The van der Waals surface area contributed by atoms with E-state index in [-0.39, 0.29) is 18.1 Å². The molecule has 0 aliphatic heterocycles. The van der Waals surface area contributed by atoms with Gasteiger partial charge in [0.05, 0.1) is 17.3 Å². The molecule has 0 spiro atoms. The van der Waals surface area contributed by atoms with E-state index in [1.54, 1.807) is 22.8 Å². The van der Waals surface area contributed by atoms with Crippen LogP contribution in [0, 0.1) is 11.3 Å². The molecule has 1 aromatic carbocycles. The van der Waals surface area contributed by atoms with E-state index < -0.39 is 0 Å². The monoisotopic (exact) mass is 240 g/mol. The van der Waals surface area contributed by atoms with Crippen LogP contribution in [0.4, 0.5) is 0 Å². The average molecular weight is 240 g/mol. The van der Waals surface area contributed by atoms with Gasteiger partial charge in [0.2, 0.25) is 0 Å². The molecule has 90 valence electrons. The van der Waals surface area contributed by atoms with Crippen molar-refractivity contribution in [3.8, 4) is 11.8 Å². The number of benzene rings is 1. The van der Waals surface area contributed by atoms with Gasteiger partial charge < -0.3 is 9.67 Å². The number of aromatic hydroxyl groups is 1. The Balaban J connectivity index is 2.40. The second kappa shape index (κ2) is 3.88. The Morgan fingerprint density at radius 3 is 3.00 bits per heavy atom. The van der Waals surface area contributed by atoms with Crippen LogP contribution in [0.5, 0.6) is 5.75 Å². The summed E-state index contributed by atoms with van der Waals surface area (Å²) < 4.78 is 1.77. The minimum Gasteiger partial charge on any atom is -0.508 e. The van der Waals surface area contributed by atoms with Crippen molar-refractivity contribution in [2.24, 2.45) is 0 Å². The van der Waals surface area contributed by atoms with E-state index in [2.05, 4.69) is 6.07 Å². The van der Waals surface area contributed by atoms with Crippen molar-refractivity contribution in [2.45, 2.75) is 25.8 Å². The predicted octanol–water partition coefficient (Wildman–Crippen LogP) is 2.39. The molecule has 0 radical (unpaired) electrons. The highest BCUT2D eigenvalue weighted by Gasteiger charge is 2.25. The van der Waals surface area contributed by atoms with Gasteiger partial charge in [0.15, 0.2) is 5.78 Å². The maximum absolute atomic E-state index is 12.0. The van der Waals surface area contributed by atoms with E-state index in [9.17, 15) is 9.90 Å². The zero-order valence-electron chi connectivity index (χ0n) is 9.81. The molecular weight excluding hydrogens is 228 g/mol. The normalized spacial score (nSPS) is 14.5. The Kier molecular flexibility index (Phi) is 2.34. The third-order valence-electron chi connectivity index (χ3n) is 3.48. The van der Waals surface area contributed by atoms with E-state index in [4.69, 9.17) is 5.26 Å². The molecule has 2 aromatic rings. The topological polar surface area (TPSA) is 66.0 Å². The number of fused-ring (bicyclic) bond motifs is 3. The van der Waals surface area contributed by atoms with Gasteiger partial charge in [-0.1, -0.05) is 0 Å².